The van der Waals surface area contributed by atoms with E-state index in [-0.39, 0.29) is 11.7 Å². The first-order chi connectivity index (χ1) is 13.9. The maximum absolute atomic E-state index is 12.6. The van der Waals surface area contributed by atoms with Crippen molar-refractivity contribution >= 4 is 33.4 Å². The van der Waals surface area contributed by atoms with Crippen molar-refractivity contribution in [2.45, 2.75) is 45.1 Å². The number of nitrogens with one attached hydrogen (secondary N) is 2. The van der Waals surface area contributed by atoms with E-state index in [1.165, 1.54) is 0 Å². The van der Waals surface area contributed by atoms with Crippen molar-refractivity contribution in [1.29, 1.82) is 0 Å². The third kappa shape index (κ3) is 3.50. The van der Waals surface area contributed by atoms with E-state index < -0.39 is 21.0 Å². The predicted octanol–water partition coefficient (Wildman–Crippen LogP) is 1.02. The summed E-state index contributed by atoms with van der Waals surface area (Å²) in [7, 11) is -4.30. The van der Waals surface area contributed by atoms with Crippen molar-refractivity contribution in [2.24, 2.45) is 10.7 Å². The van der Waals surface area contributed by atoms with Gasteiger partial charge in [-0.25, -0.2) is 17.9 Å². The summed E-state index contributed by atoms with van der Waals surface area (Å²) >= 11 is 0. The van der Waals surface area contributed by atoms with Crippen LogP contribution in [0.3, 0.4) is 0 Å². The highest BCUT2D eigenvalue weighted by atomic mass is 32.2. The van der Waals surface area contributed by atoms with E-state index in [9.17, 15) is 18.0 Å². The van der Waals surface area contributed by atoms with E-state index >= 15 is 0 Å². The standard InChI is InChI=1S/C18H23N5O5S/c19-10-14(17-20-7-3-9-28-17)29(26,27)22-18(25)21-16-12-5-2-8-23(12)11-4-1-6-13(24)15(11)16/h10H,1-9,19H2,(H2,21,22,25). The van der Waals surface area contributed by atoms with Crippen LogP contribution in [0, 0.1) is 0 Å². The van der Waals surface area contributed by atoms with Crippen LogP contribution in [0.4, 0.5) is 10.5 Å². The molecule has 0 unspecified atom stereocenters. The van der Waals surface area contributed by atoms with Crippen LogP contribution < -0.4 is 15.8 Å². The zero-order chi connectivity index (χ0) is 20.6. The topological polar surface area (TPSA) is 145 Å². The average molecular weight is 421 g/mol. The van der Waals surface area contributed by atoms with Gasteiger partial charge in [0.25, 0.3) is 10.0 Å². The predicted molar refractivity (Wildman–Crippen MR) is 106 cm³/mol. The van der Waals surface area contributed by atoms with Crippen LogP contribution in [-0.2, 0) is 34.1 Å². The number of rotatable bonds is 4. The molecule has 0 aromatic carbocycles. The fourth-order valence-corrected chi connectivity index (χ4v) is 5.03. The van der Waals surface area contributed by atoms with Gasteiger partial charge in [0.2, 0.25) is 5.90 Å². The molecule has 0 atom stereocenters. The van der Waals surface area contributed by atoms with Crippen LogP contribution >= 0.6 is 0 Å². The minimum atomic E-state index is -4.30. The molecule has 1 aromatic rings. The lowest BCUT2D eigenvalue weighted by Crippen LogP contribution is -2.38. The van der Waals surface area contributed by atoms with Crippen molar-refractivity contribution < 1.29 is 22.7 Å². The summed E-state index contributed by atoms with van der Waals surface area (Å²) in [6.45, 7) is 1.53. The van der Waals surface area contributed by atoms with E-state index in [1.807, 2.05) is 4.72 Å². The highest BCUT2D eigenvalue weighted by molar-refractivity contribution is 7.94. The Balaban J connectivity index is 1.58. The quantitative estimate of drug-likeness (QED) is 0.662. The second-order valence-electron chi connectivity index (χ2n) is 7.15. The number of sulfonamides is 1. The third-order valence-electron chi connectivity index (χ3n) is 5.28. The molecule has 2 aliphatic heterocycles. The Morgan fingerprint density at radius 1 is 1.17 bits per heavy atom. The fourth-order valence-electron chi connectivity index (χ4n) is 4.09. The molecule has 3 heterocycles. The average Bonchev–Trinajstić information content (AvgIpc) is 3.26. The summed E-state index contributed by atoms with van der Waals surface area (Å²) in [5.74, 6) is -0.143. The number of hydrogen-bond acceptors (Lipinski definition) is 7. The van der Waals surface area contributed by atoms with E-state index in [1.54, 1.807) is 0 Å². The van der Waals surface area contributed by atoms with Gasteiger partial charge in [-0.15, -0.1) is 0 Å². The summed E-state index contributed by atoms with van der Waals surface area (Å²) in [5, 5.41) is 2.60. The molecule has 1 aromatic heterocycles. The molecule has 0 spiro atoms. The van der Waals surface area contributed by atoms with E-state index in [2.05, 4.69) is 14.9 Å². The Hall–Kier alpha value is -2.82. The first kappa shape index (κ1) is 19.5. The molecule has 29 heavy (non-hydrogen) atoms. The number of anilines is 1. The molecule has 0 radical (unpaired) electrons. The van der Waals surface area contributed by atoms with Crippen LogP contribution in [0.15, 0.2) is 16.1 Å². The van der Waals surface area contributed by atoms with Gasteiger partial charge in [0.05, 0.1) is 17.9 Å². The van der Waals surface area contributed by atoms with Crippen molar-refractivity contribution in [3.05, 3.63) is 28.1 Å². The van der Waals surface area contributed by atoms with Gasteiger partial charge < -0.3 is 20.4 Å². The van der Waals surface area contributed by atoms with Crippen molar-refractivity contribution in [2.75, 3.05) is 18.5 Å². The summed E-state index contributed by atoms with van der Waals surface area (Å²) in [5.41, 5.74) is 8.18. The molecular formula is C18H23N5O5S. The zero-order valence-corrected chi connectivity index (χ0v) is 16.7. The number of urea groups is 1. The minimum Gasteiger partial charge on any atom is -0.477 e. The van der Waals surface area contributed by atoms with Gasteiger partial charge in [-0.2, -0.15) is 0 Å². The van der Waals surface area contributed by atoms with Crippen molar-refractivity contribution in [3.63, 3.8) is 0 Å². The first-order valence-electron chi connectivity index (χ1n) is 9.63. The smallest absolute Gasteiger partial charge is 0.333 e. The summed E-state index contributed by atoms with van der Waals surface area (Å²) in [6.07, 6.45) is 5.14. The Morgan fingerprint density at radius 2 is 1.97 bits per heavy atom. The van der Waals surface area contributed by atoms with E-state index in [0.29, 0.717) is 37.2 Å². The lowest BCUT2D eigenvalue weighted by Gasteiger charge is -2.17. The van der Waals surface area contributed by atoms with Crippen LogP contribution in [0.2, 0.25) is 0 Å². The number of aliphatic imine (C=N–C) groups is 1. The molecule has 0 saturated heterocycles. The third-order valence-corrected chi connectivity index (χ3v) is 6.63. The molecular weight excluding hydrogens is 398 g/mol. The number of carbonyl (C=O) groups excluding carboxylic acids is 2. The number of nitrogens with zero attached hydrogens (tertiary/aromatic N) is 2. The largest absolute Gasteiger partial charge is 0.477 e. The van der Waals surface area contributed by atoms with Gasteiger partial charge in [-0.05, 0) is 25.7 Å². The van der Waals surface area contributed by atoms with Crippen LogP contribution in [0.25, 0.3) is 0 Å². The number of Topliss-reactive ketones (excluding diaryl/α,β-unsaturated/α-hetero) is 1. The number of aromatic nitrogens is 1. The van der Waals surface area contributed by atoms with Crippen molar-refractivity contribution in [1.82, 2.24) is 9.29 Å². The highest BCUT2D eigenvalue weighted by Gasteiger charge is 2.33. The van der Waals surface area contributed by atoms with Crippen molar-refractivity contribution in [3.8, 4) is 0 Å². The number of ether oxygens (including phenoxy) is 1. The molecule has 0 bridgehead atoms. The molecule has 10 nitrogen and oxygen atoms in total. The SMILES string of the molecule is NC=C(C1=NCCCO1)S(=O)(=O)NC(=O)Nc1c2c(n3c1CCC3)CCCC2=O. The molecule has 4 N–H and O–H groups in total. The zero-order valence-electron chi connectivity index (χ0n) is 15.9. The second kappa shape index (κ2) is 7.54. The molecule has 156 valence electrons. The normalized spacial score (nSPS) is 19.1. The maximum atomic E-state index is 12.6. The minimum absolute atomic E-state index is 0.0289. The number of ketones is 1. The number of amides is 2. The summed E-state index contributed by atoms with van der Waals surface area (Å²) < 4.78 is 34.5. The first-order valence-corrected chi connectivity index (χ1v) is 11.1. The lowest BCUT2D eigenvalue weighted by molar-refractivity contribution is 0.0972. The Morgan fingerprint density at radius 3 is 2.69 bits per heavy atom. The molecule has 4 rings (SSSR count). The van der Waals surface area contributed by atoms with Gasteiger partial charge in [0.1, 0.15) is 0 Å². The Kier molecular flexibility index (Phi) is 5.07. The number of fused-ring (bicyclic) bond motifs is 3. The van der Waals surface area contributed by atoms with E-state index in [0.717, 1.165) is 49.8 Å². The van der Waals surface area contributed by atoms with Gasteiger partial charge in [0, 0.05) is 43.5 Å². The maximum Gasteiger partial charge on any atom is 0.333 e. The molecule has 0 saturated carbocycles. The monoisotopic (exact) mass is 421 g/mol. The van der Waals surface area contributed by atoms with Crippen LogP contribution in [0.1, 0.15) is 47.4 Å². The van der Waals surface area contributed by atoms with Gasteiger partial charge in [-0.3, -0.25) is 9.79 Å². The number of carbonyl (C=O) groups is 2. The van der Waals surface area contributed by atoms with Crippen LogP contribution in [0.5, 0.6) is 0 Å². The molecule has 3 aliphatic rings. The fraction of sp³-hybridized carbons (Fsp3) is 0.500. The highest BCUT2D eigenvalue weighted by Crippen LogP contribution is 2.37. The number of nitrogens with two attached hydrogens (primary N) is 1. The summed E-state index contributed by atoms with van der Waals surface area (Å²) in [4.78, 5) is 28.6. The van der Waals surface area contributed by atoms with Gasteiger partial charge >= 0.3 is 6.03 Å². The lowest BCUT2D eigenvalue weighted by atomic mass is 9.94. The van der Waals surface area contributed by atoms with Gasteiger partial charge in [-0.1, -0.05) is 0 Å². The Bertz CT molecular complexity index is 1040. The molecule has 1 aliphatic carbocycles. The summed E-state index contributed by atoms with van der Waals surface area (Å²) in [6, 6.07) is -0.956. The number of hydrogen-bond donors (Lipinski definition) is 3. The molecule has 11 heteroatoms. The Labute approximate surface area is 168 Å². The molecule has 0 fully saturated rings. The van der Waals surface area contributed by atoms with Crippen LogP contribution in [-0.4, -0.2) is 43.8 Å². The van der Waals surface area contributed by atoms with E-state index in [4.69, 9.17) is 10.5 Å². The molecule has 2 amide bonds. The second-order valence-corrected chi connectivity index (χ2v) is 8.81. The van der Waals surface area contributed by atoms with Gasteiger partial charge in [0.15, 0.2) is 10.7 Å².